The topological polar surface area (TPSA) is 37.9 Å². The van der Waals surface area contributed by atoms with Gasteiger partial charge < -0.3 is 9.72 Å². The summed E-state index contributed by atoms with van der Waals surface area (Å²) in [4.78, 5) is 10.5. The van der Waals surface area contributed by atoms with Gasteiger partial charge in [-0.3, -0.25) is 0 Å². The molecule has 5 heteroatoms. The number of nitrogens with one attached hydrogen (secondary N) is 1. The van der Waals surface area contributed by atoms with Gasteiger partial charge >= 0.3 is 0 Å². The molecule has 0 amide bonds. The summed E-state index contributed by atoms with van der Waals surface area (Å²) in [6.07, 6.45) is 1.66. The number of nitrogens with zero attached hydrogens (tertiary/aromatic N) is 1. The number of aromatic nitrogens is 2. The first-order valence-corrected chi connectivity index (χ1v) is 8.96. The summed E-state index contributed by atoms with van der Waals surface area (Å²) in [5.41, 5.74) is 2.42. The molecule has 0 spiro atoms. The minimum atomic E-state index is -0.133. The zero-order chi connectivity index (χ0) is 16.0. The van der Waals surface area contributed by atoms with Crippen LogP contribution in [0.15, 0.2) is 30.3 Å². The number of thiophene rings is 1. The highest BCUT2D eigenvalue weighted by atomic mass is 32.1. The SMILES string of the molecule is CC1(C)Cc2c(sc3nc(Cc4ccccc4)[nH]c(=S)c23)CO1. The van der Waals surface area contributed by atoms with Crippen LogP contribution in [-0.4, -0.2) is 15.6 Å². The van der Waals surface area contributed by atoms with Gasteiger partial charge in [0.25, 0.3) is 0 Å². The zero-order valence-corrected chi connectivity index (χ0v) is 14.8. The van der Waals surface area contributed by atoms with E-state index in [0.29, 0.717) is 6.61 Å². The lowest BCUT2D eigenvalue weighted by molar-refractivity contribution is -0.0379. The molecule has 0 fully saturated rings. The average molecular weight is 342 g/mol. The third kappa shape index (κ3) is 2.84. The minimum Gasteiger partial charge on any atom is -0.370 e. The first-order chi connectivity index (χ1) is 11.0. The zero-order valence-electron chi connectivity index (χ0n) is 13.2. The van der Waals surface area contributed by atoms with Gasteiger partial charge in [-0.1, -0.05) is 42.5 Å². The Balaban J connectivity index is 1.79. The van der Waals surface area contributed by atoms with Crippen LogP contribution in [0.25, 0.3) is 10.2 Å². The van der Waals surface area contributed by atoms with Gasteiger partial charge in [-0.2, -0.15) is 0 Å². The lowest BCUT2D eigenvalue weighted by Crippen LogP contribution is -2.30. The monoisotopic (exact) mass is 342 g/mol. The molecule has 3 aromatic rings. The number of hydrogen-bond donors (Lipinski definition) is 1. The maximum absolute atomic E-state index is 5.93. The highest BCUT2D eigenvalue weighted by molar-refractivity contribution is 7.71. The predicted octanol–water partition coefficient (Wildman–Crippen LogP) is 4.80. The number of aromatic amines is 1. The molecule has 0 radical (unpaired) electrons. The predicted molar refractivity (Wildman–Crippen MR) is 96.6 cm³/mol. The van der Waals surface area contributed by atoms with Crippen LogP contribution in [0.5, 0.6) is 0 Å². The van der Waals surface area contributed by atoms with Gasteiger partial charge in [0.05, 0.1) is 12.2 Å². The number of hydrogen-bond acceptors (Lipinski definition) is 4. The molecule has 23 heavy (non-hydrogen) atoms. The number of ether oxygens (including phenoxy) is 1. The summed E-state index contributed by atoms with van der Waals surface area (Å²) in [6.45, 7) is 4.92. The molecular formula is C18H18N2OS2. The molecule has 0 aliphatic carbocycles. The van der Waals surface area contributed by atoms with Crippen LogP contribution in [-0.2, 0) is 24.2 Å². The van der Waals surface area contributed by atoms with E-state index in [-0.39, 0.29) is 5.60 Å². The Morgan fingerprint density at radius 3 is 2.87 bits per heavy atom. The van der Waals surface area contributed by atoms with E-state index in [4.69, 9.17) is 21.9 Å². The molecule has 0 saturated heterocycles. The van der Waals surface area contributed by atoms with Gasteiger partial charge in [0.15, 0.2) is 0 Å². The number of fused-ring (bicyclic) bond motifs is 3. The van der Waals surface area contributed by atoms with E-state index in [0.717, 1.165) is 33.5 Å². The molecule has 0 saturated carbocycles. The van der Waals surface area contributed by atoms with Crippen molar-refractivity contribution in [1.82, 2.24) is 9.97 Å². The Labute approximate surface area is 144 Å². The number of rotatable bonds is 2. The highest BCUT2D eigenvalue weighted by Crippen LogP contribution is 2.38. The van der Waals surface area contributed by atoms with Gasteiger partial charge in [0, 0.05) is 23.1 Å². The molecular weight excluding hydrogens is 324 g/mol. The third-order valence-electron chi connectivity index (χ3n) is 4.20. The van der Waals surface area contributed by atoms with Crippen molar-refractivity contribution in [3.8, 4) is 0 Å². The Morgan fingerprint density at radius 2 is 2.09 bits per heavy atom. The third-order valence-corrected chi connectivity index (χ3v) is 5.61. The van der Waals surface area contributed by atoms with E-state index in [1.54, 1.807) is 11.3 Å². The van der Waals surface area contributed by atoms with Gasteiger partial charge in [-0.15, -0.1) is 11.3 Å². The molecule has 0 atom stereocenters. The molecule has 1 aliphatic rings. The first kappa shape index (κ1) is 15.0. The maximum Gasteiger partial charge on any atom is 0.128 e. The lowest BCUT2D eigenvalue weighted by Gasteiger charge is -2.30. The van der Waals surface area contributed by atoms with Crippen molar-refractivity contribution in [3.05, 3.63) is 56.8 Å². The second kappa shape index (κ2) is 5.51. The van der Waals surface area contributed by atoms with E-state index in [9.17, 15) is 0 Å². The van der Waals surface area contributed by atoms with Gasteiger partial charge in [-0.05, 0) is 25.0 Å². The average Bonchev–Trinajstić information content (AvgIpc) is 2.85. The summed E-state index contributed by atoms with van der Waals surface area (Å²) in [7, 11) is 0. The fourth-order valence-electron chi connectivity index (χ4n) is 3.07. The molecule has 118 valence electrons. The van der Waals surface area contributed by atoms with Gasteiger partial charge in [0.2, 0.25) is 0 Å². The minimum absolute atomic E-state index is 0.133. The first-order valence-electron chi connectivity index (χ1n) is 7.73. The molecule has 1 aliphatic heterocycles. The summed E-state index contributed by atoms with van der Waals surface area (Å²) < 4.78 is 6.73. The normalized spacial score (nSPS) is 16.4. The molecule has 2 aromatic heterocycles. The standard InChI is InChI=1S/C18H18N2OS2/c1-18(2)9-12-13(10-21-18)23-17-15(12)16(22)19-14(20-17)8-11-6-4-3-5-7-11/h3-7H,8-10H2,1-2H3,(H,19,20,22). The molecule has 3 heterocycles. The smallest absolute Gasteiger partial charge is 0.128 e. The van der Waals surface area contributed by atoms with E-state index in [1.165, 1.54) is 16.0 Å². The van der Waals surface area contributed by atoms with E-state index >= 15 is 0 Å². The number of H-pyrrole nitrogens is 1. The van der Waals surface area contributed by atoms with Crippen LogP contribution < -0.4 is 0 Å². The van der Waals surface area contributed by atoms with Crippen LogP contribution in [0.1, 0.15) is 35.7 Å². The van der Waals surface area contributed by atoms with Crippen molar-refractivity contribution in [1.29, 1.82) is 0 Å². The lowest BCUT2D eigenvalue weighted by atomic mass is 9.95. The Morgan fingerprint density at radius 1 is 1.30 bits per heavy atom. The summed E-state index contributed by atoms with van der Waals surface area (Å²) in [6, 6.07) is 10.3. The van der Waals surface area contributed by atoms with E-state index in [2.05, 4.69) is 31.0 Å². The van der Waals surface area contributed by atoms with E-state index in [1.807, 2.05) is 18.2 Å². The second-order valence-electron chi connectivity index (χ2n) is 6.58. The largest absolute Gasteiger partial charge is 0.370 e. The second-order valence-corrected chi connectivity index (χ2v) is 8.08. The Hall–Kier alpha value is -1.56. The highest BCUT2D eigenvalue weighted by Gasteiger charge is 2.30. The van der Waals surface area contributed by atoms with Gasteiger partial charge in [0.1, 0.15) is 15.3 Å². The van der Waals surface area contributed by atoms with Crippen LogP contribution >= 0.6 is 23.6 Å². The Bertz CT molecular complexity index is 925. The van der Waals surface area contributed by atoms with Crippen molar-refractivity contribution in [2.75, 3.05) is 0 Å². The molecule has 0 bridgehead atoms. The number of benzene rings is 1. The summed E-state index contributed by atoms with van der Waals surface area (Å²) in [5.74, 6) is 0.924. The van der Waals surface area contributed by atoms with Gasteiger partial charge in [-0.25, -0.2) is 4.98 Å². The Kier molecular flexibility index (Phi) is 3.59. The van der Waals surface area contributed by atoms with Crippen molar-refractivity contribution in [3.63, 3.8) is 0 Å². The fraction of sp³-hybridized carbons (Fsp3) is 0.333. The molecule has 1 aromatic carbocycles. The molecule has 4 rings (SSSR count). The molecule has 3 nitrogen and oxygen atoms in total. The van der Waals surface area contributed by atoms with E-state index < -0.39 is 0 Å². The van der Waals surface area contributed by atoms with Crippen molar-refractivity contribution >= 4 is 33.8 Å². The van der Waals surface area contributed by atoms with Crippen LogP contribution in [0.2, 0.25) is 0 Å². The summed E-state index contributed by atoms with van der Waals surface area (Å²) in [5, 5.41) is 1.12. The van der Waals surface area contributed by atoms with Crippen molar-refractivity contribution in [2.45, 2.75) is 38.9 Å². The van der Waals surface area contributed by atoms with Crippen LogP contribution in [0.3, 0.4) is 0 Å². The summed E-state index contributed by atoms with van der Waals surface area (Å²) >= 11 is 7.36. The molecule has 1 N–H and O–H groups in total. The van der Waals surface area contributed by atoms with Crippen molar-refractivity contribution in [2.24, 2.45) is 0 Å². The van der Waals surface area contributed by atoms with Crippen LogP contribution in [0, 0.1) is 4.64 Å². The quantitative estimate of drug-likeness (QED) is 0.680. The van der Waals surface area contributed by atoms with Crippen LogP contribution in [0.4, 0.5) is 0 Å². The van der Waals surface area contributed by atoms with Crippen molar-refractivity contribution < 1.29 is 4.74 Å². The maximum atomic E-state index is 5.93. The molecule has 0 unspecified atom stereocenters. The fourth-order valence-corrected chi connectivity index (χ4v) is 4.60.